The maximum atomic E-state index is 12.2. The Bertz CT molecular complexity index is 418. The zero-order valence-electron chi connectivity index (χ0n) is 9.66. The van der Waals surface area contributed by atoms with Crippen LogP contribution in [0, 0.1) is 0 Å². The molecule has 1 saturated heterocycles. The quantitative estimate of drug-likeness (QED) is 0.768. The fourth-order valence-electron chi connectivity index (χ4n) is 1.80. The van der Waals surface area contributed by atoms with E-state index < -0.39 is 0 Å². The average Bonchev–Trinajstić information content (AvgIpc) is 2.38. The Morgan fingerprint density at radius 2 is 2.18 bits per heavy atom. The Balaban J connectivity index is 2.20. The number of carbonyl (C=O) groups is 1. The first kappa shape index (κ1) is 12.1. The number of nitrogens with zero attached hydrogens (tertiary/aromatic N) is 2. The zero-order valence-corrected chi connectivity index (χ0v) is 10.4. The molecule has 0 bridgehead atoms. The van der Waals surface area contributed by atoms with E-state index in [0.29, 0.717) is 16.5 Å². The molecular formula is C11H15ClN4O. The van der Waals surface area contributed by atoms with Crippen LogP contribution >= 0.6 is 11.6 Å². The molecule has 0 aromatic carbocycles. The number of rotatable bonds is 2. The van der Waals surface area contributed by atoms with E-state index in [1.54, 1.807) is 19.2 Å². The van der Waals surface area contributed by atoms with E-state index in [-0.39, 0.29) is 5.91 Å². The van der Waals surface area contributed by atoms with E-state index >= 15 is 0 Å². The topological polar surface area (TPSA) is 57.3 Å². The van der Waals surface area contributed by atoms with Crippen LogP contribution in [0.25, 0.3) is 0 Å². The van der Waals surface area contributed by atoms with Gasteiger partial charge in [0.1, 0.15) is 11.0 Å². The van der Waals surface area contributed by atoms with Gasteiger partial charge >= 0.3 is 0 Å². The van der Waals surface area contributed by atoms with Crippen LogP contribution in [0.15, 0.2) is 12.1 Å². The number of aromatic nitrogens is 1. The van der Waals surface area contributed by atoms with Crippen LogP contribution in [0.2, 0.25) is 5.15 Å². The lowest BCUT2D eigenvalue weighted by Crippen LogP contribution is -2.46. The summed E-state index contributed by atoms with van der Waals surface area (Å²) in [5, 5.41) is 6.43. The fraction of sp³-hybridized carbons (Fsp3) is 0.455. The lowest BCUT2D eigenvalue weighted by molar-refractivity contribution is 0.0736. The molecule has 0 spiro atoms. The zero-order chi connectivity index (χ0) is 12.3. The summed E-state index contributed by atoms with van der Waals surface area (Å²) in [7, 11) is 1.75. The minimum Gasteiger partial charge on any atom is -0.373 e. The van der Waals surface area contributed by atoms with Crippen molar-refractivity contribution in [3.05, 3.63) is 22.8 Å². The third-order valence-electron chi connectivity index (χ3n) is 2.70. The number of hydrogen-bond donors (Lipinski definition) is 2. The Hall–Kier alpha value is -1.33. The van der Waals surface area contributed by atoms with Gasteiger partial charge in [-0.05, 0) is 12.1 Å². The van der Waals surface area contributed by atoms with Gasteiger partial charge in [-0.2, -0.15) is 0 Å². The summed E-state index contributed by atoms with van der Waals surface area (Å²) < 4.78 is 0. The molecule has 0 aliphatic carbocycles. The highest BCUT2D eigenvalue weighted by molar-refractivity contribution is 6.29. The van der Waals surface area contributed by atoms with Gasteiger partial charge in [0.05, 0.1) is 0 Å². The van der Waals surface area contributed by atoms with Gasteiger partial charge in [-0.3, -0.25) is 4.79 Å². The molecule has 1 aromatic rings. The van der Waals surface area contributed by atoms with Crippen molar-refractivity contribution in [3.63, 3.8) is 0 Å². The Morgan fingerprint density at radius 3 is 2.82 bits per heavy atom. The summed E-state index contributed by atoms with van der Waals surface area (Å²) in [5.41, 5.74) is 0.580. The van der Waals surface area contributed by atoms with Crippen molar-refractivity contribution in [2.75, 3.05) is 38.5 Å². The number of pyridine rings is 1. The molecule has 2 N–H and O–H groups in total. The Labute approximate surface area is 105 Å². The van der Waals surface area contributed by atoms with E-state index in [1.807, 2.05) is 4.90 Å². The first-order valence-corrected chi connectivity index (χ1v) is 5.94. The van der Waals surface area contributed by atoms with Gasteiger partial charge in [0, 0.05) is 38.8 Å². The summed E-state index contributed by atoms with van der Waals surface area (Å²) >= 11 is 5.88. The highest BCUT2D eigenvalue weighted by Gasteiger charge is 2.18. The van der Waals surface area contributed by atoms with Crippen LogP contribution in [0.4, 0.5) is 5.82 Å². The normalized spacial score (nSPS) is 15.8. The molecule has 1 aliphatic rings. The number of hydrogen-bond acceptors (Lipinski definition) is 4. The molecule has 0 unspecified atom stereocenters. The van der Waals surface area contributed by atoms with Crippen LogP contribution < -0.4 is 10.6 Å². The smallest absolute Gasteiger partial charge is 0.254 e. The van der Waals surface area contributed by atoms with E-state index in [9.17, 15) is 4.79 Å². The third kappa shape index (κ3) is 2.87. The first-order chi connectivity index (χ1) is 8.20. The summed E-state index contributed by atoms with van der Waals surface area (Å²) in [6, 6.07) is 3.32. The van der Waals surface area contributed by atoms with Crippen molar-refractivity contribution >= 4 is 23.3 Å². The first-order valence-electron chi connectivity index (χ1n) is 5.56. The Morgan fingerprint density at radius 1 is 1.47 bits per heavy atom. The van der Waals surface area contributed by atoms with Crippen LogP contribution in [0.3, 0.4) is 0 Å². The van der Waals surface area contributed by atoms with Gasteiger partial charge in [-0.1, -0.05) is 11.6 Å². The summed E-state index contributed by atoms with van der Waals surface area (Å²) in [6.07, 6.45) is 0. The number of nitrogens with one attached hydrogen (secondary N) is 2. The molecule has 2 heterocycles. The molecule has 6 heteroatoms. The summed E-state index contributed by atoms with van der Waals surface area (Å²) in [6.45, 7) is 3.13. The predicted molar refractivity (Wildman–Crippen MR) is 67.6 cm³/mol. The monoisotopic (exact) mass is 254 g/mol. The second-order valence-electron chi connectivity index (χ2n) is 3.86. The summed E-state index contributed by atoms with van der Waals surface area (Å²) in [4.78, 5) is 18.1. The van der Waals surface area contributed by atoms with Crippen molar-refractivity contribution in [1.82, 2.24) is 15.2 Å². The molecule has 92 valence electrons. The van der Waals surface area contributed by atoms with Crippen molar-refractivity contribution in [3.8, 4) is 0 Å². The molecule has 17 heavy (non-hydrogen) atoms. The minimum atomic E-state index is 0.00676. The SMILES string of the molecule is CNc1cc(C(=O)N2CCNCC2)cc(Cl)n1. The number of anilines is 1. The molecule has 1 aromatic heterocycles. The van der Waals surface area contributed by atoms with Crippen molar-refractivity contribution in [2.45, 2.75) is 0 Å². The van der Waals surface area contributed by atoms with Gasteiger partial charge < -0.3 is 15.5 Å². The van der Waals surface area contributed by atoms with E-state index in [0.717, 1.165) is 26.2 Å². The molecule has 5 nitrogen and oxygen atoms in total. The maximum Gasteiger partial charge on any atom is 0.254 e. The van der Waals surface area contributed by atoms with Crippen LogP contribution in [-0.4, -0.2) is 49.0 Å². The number of amides is 1. The van der Waals surface area contributed by atoms with Crippen LogP contribution in [-0.2, 0) is 0 Å². The molecule has 0 atom stereocenters. The number of piperazine rings is 1. The molecule has 2 rings (SSSR count). The van der Waals surface area contributed by atoms with Gasteiger partial charge in [0.15, 0.2) is 0 Å². The number of halogens is 1. The number of carbonyl (C=O) groups excluding carboxylic acids is 1. The lowest BCUT2D eigenvalue weighted by atomic mass is 10.2. The molecule has 1 fully saturated rings. The van der Waals surface area contributed by atoms with Crippen LogP contribution in [0.5, 0.6) is 0 Å². The van der Waals surface area contributed by atoms with Gasteiger partial charge in [-0.25, -0.2) is 4.98 Å². The highest BCUT2D eigenvalue weighted by Crippen LogP contribution is 2.16. The molecule has 1 amide bonds. The predicted octanol–water partition coefficient (Wildman–Crippen LogP) is 0.822. The van der Waals surface area contributed by atoms with Crippen molar-refractivity contribution in [1.29, 1.82) is 0 Å². The standard InChI is InChI=1S/C11H15ClN4O/c1-13-10-7-8(6-9(12)15-10)11(17)16-4-2-14-3-5-16/h6-7,14H,2-5H2,1H3,(H,13,15). The van der Waals surface area contributed by atoms with Crippen LogP contribution in [0.1, 0.15) is 10.4 Å². The third-order valence-corrected chi connectivity index (χ3v) is 2.90. The highest BCUT2D eigenvalue weighted by atomic mass is 35.5. The van der Waals surface area contributed by atoms with Crippen molar-refractivity contribution < 1.29 is 4.79 Å². The molecule has 1 aliphatic heterocycles. The van der Waals surface area contributed by atoms with Gasteiger partial charge in [0.25, 0.3) is 5.91 Å². The van der Waals surface area contributed by atoms with Gasteiger partial charge in [0.2, 0.25) is 0 Å². The molecular weight excluding hydrogens is 240 g/mol. The van der Waals surface area contributed by atoms with E-state index in [1.165, 1.54) is 0 Å². The van der Waals surface area contributed by atoms with Crippen molar-refractivity contribution in [2.24, 2.45) is 0 Å². The van der Waals surface area contributed by atoms with E-state index in [2.05, 4.69) is 15.6 Å². The fourth-order valence-corrected chi connectivity index (χ4v) is 2.01. The molecule has 0 saturated carbocycles. The largest absolute Gasteiger partial charge is 0.373 e. The Kier molecular flexibility index (Phi) is 3.81. The molecule has 0 radical (unpaired) electrons. The van der Waals surface area contributed by atoms with Gasteiger partial charge in [-0.15, -0.1) is 0 Å². The second kappa shape index (κ2) is 5.33. The minimum absolute atomic E-state index is 0.00676. The second-order valence-corrected chi connectivity index (χ2v) is 4.24. The average molecular weight is 255 g/mol. The lowest BCUT2D eigenvalue weighted by Gasteiger charge is -2.27. The summed E-state index contributed by atoms with van der Waals surface area (Å²) in [5.74, 6) is 0.614. The maximum absolute atomic E-state index is 12.2. The van der Waals surface area contributed by atoms with E-state index in [4.69, 9.17) is 11.6 Å².